The first-order valence-corrected chi connectivity index (χ1v) is 8.89. The van der Waals surface area contributed by atoms with Gasteiger partial charge in [0, 0.05) is 32.0 Å². The summed E-state index contributed by atoms with van der Waals surface area (Å²) in [5, 5.41) is 7.85. The first kappa shape index (κ1) is 13.9. The molecule has 0 spiro atoms. The number of hydrogen-bond acceptors (Lipinski definition) is 3. The first-order valence-electron chi connectivity index (χ1n) is 6.34. The summed E-state index contributed by atoms with van der Waals surface area (Å²) in [6.45, 7) is 2.97. The maximum Gasteiger partial charge on any atom is 0.0494 e. The fraction of sp³-hybridized carbons (Fsp3) is 0.125. The van der Waals surface area contributed by atoms with Crippen molar-refractivity contribution in [3.05, 3.63) is 62.1 Å². The summed E-state index contributed by atoms with van der Waals surface area (Å²) in [5.74, 6) is 0. The van der Waals surface area contributed by atoms with Crippen LogP contribution in [0.25, 0.3) is 10.4 Å². The molecule has 0 aliphatic rings. The number of rotatable bonds is 4. The Bertz CT molecular complexity index is 701. The van der Waals surface area contributed by atoms with Crippen LogP contribution in [0.4, 0.5) is 5.69 Å². The molecule has 1 aromatic carbocycles. The van der Waals surface area contributed by atoms with Crippen LogP contribution in [0.15, 0.2) is 51.6 Å². The lowest BCUT2D eigenvalue weighted by molar-refractivity contribution is 1.18. The molecule has 0 fully saturated rings. The van der Waals surface area contributed by atoms with E-state index in [-0.39, 0.29) is 0 Å². The van der Waals surface area contributed by atoms with Crippen LogP contribution >= 0.6 is 38.6 Å². The van der Waals surface area contributed by atoms with E-state index in [1.54, 1.807) is 22.7 Å². The summed E-state index contributed by atoms with van der Waals surface area (Å²) in [7, 11) is 0. The van der Waals surface area contributed by atoms with E-state index >= 15 is 0 Å². The molecule has 0 radical (unpaired) electrons. The molecule has 2 aromatic heterocycles. The second kappa shape index (κ2) is 6.12. The molecular weight excluding hydrogens is 350 g/mol. The SMILES string of the molecule is Cc1ccc(Br)c(NCc2cc(-c3cccs3)cs2)c1. The lowest BCUT2D eigenvalue weighted by atomic mass is 10.2. The molecule has 2 heterocycles. The second-order valence-corrected chi connectivity index (χ2v) is 7.41. The largest absolute Gasteiger partial charge is 0.379 e. The fourth-order valence-corrected chi connectivity index (χ4v) is 4.00. The highest BCUT2D eigenvalue weighted by Gasteiger charge is 2.05. The van der Waals surface area contributed by atoms with Crippen molar-refractivity contribution in [2.45, 2.75) is 13.5 Å². The van der Waals surface area contributed by atoms with Crippen molar-refractivity contribution in [3.63, 3.8) is 0 Å². The van der Waals surface area contributed by atoms with Gasteiger partial charge in [-0.25, -0.2) is 0 Å². The number of halogens is 1. The highest BCUT2D eigenvalue weighted by molar-refractivity contribution is 9.10. The molecule has 20 heavy (non-hydrogen) atoms. The molecule has 0 aliphatic carbocycles. The molecule has 0 amide bonds. The fourth-order valence-electron chi connectivity index (χ4n) is 2.00. The van der Waals surface area contributed by atoms with Gasteiger partial charge in [0.05, 0.1) is 0 Å². The quantitative estimate of drug-likeness (QED) is 0.585. The number of benzene rings is 1. The van der Waals surface area contributed by atoms with Crippen molar-refractivity contribution in [2.75, 3.05) is 5.32 Å². The summed E-state index contributed by atoms with van der Waals surface area (Å²) >= 11 is 7.18. The predicted octanol–water partition coefficient (Wildman–Crippen LogP) is 6.16. The predicted molar refractivity (Wildman–Crippen MR) is 93.8 cm³/mol. The smallest absolute Gasteiger partial charge is 0.0494 e. The van der Waals surface area contributed by atoms with E-state index in [4.69, 9.17) is 0 Å². The van der Waals surface area contributed by atoms with Crippen LogP contribution < -0.4 is 5.32 Å². The van der Waals surface area contributed by atoms with Gasteiger partial charge >= 0.3 is 0 Å². The van der Waals surface area contributed by atoms with Gasteiger partial charge < -0.3 is 5.32 Å². The van der Waals surface area contributed by atoms with Crippen molar-refractivity contribution < 1.29 is 0 Å². The lowest BCUT2D eigenvalue weighted by Crippen LogP contribution is -1.98. The molecule has 3 rings (SSSR count). The van der Waals surface area contributed by atoms with Gasteiger partial charge in [0.2, 0.25) is 0 Å². The summed E-state index contributed by atoms with van der Waals surface area (Å²) in [5.41, 5.74) is 3.74. The molecule has 3 aromatic rings. The minimum Gasteiger partial charge on any atom is -0.379 e. The van der Waals surface area contributed by atoms with Crippen LogP contribution in [0, 0.1) is 6.92 Å². The molecule has 0 saturated carbocycles. The third-order valence-electron chi connectivity index (χ3n) is 3.03. The van der Waals surface area contributed by atoms with Gasteiger partial charge in [-0.1, -0.05) is 12.1 Å². The van der Waals surface area contributed by atoms with Crippen LogP contribution in [-0.2, 0) is 6.54 Å². The normalized spacial score (nSPS) is 10.7. The summed E-state index contributed by atoms with van der Waals surface area (Å²) in [6.07, 6.45) is 0. The summed E-state index contributed by atoms with van der Waals surface area (Å²) < 4.78 is 1.11. The van der Waals surface area contributed by atoms with Gasteiger partial charge in [-0.05, 0) is 63.4 Å². The minimum atomic E-state index is 0.859. The van der Waals surface area contributed by atoms with Crippen LogP contribution in [-0.4, -0.2) is 0 Å². The average Bonchev–Trinajstić information content (AvgIpc) is 3.09. The molecule has 0 unspecified atom stereocenters. The Labute approximate surface area is 135 Å². The van der Waals surface area contributed by atoms with Crippen molar-refractivity contribution in [2.24, 2.45) is 0 Å². The highest BCUT2D eigenvalue weighted by Crippen LogP contribution is 2.30. The van der Waals surface area contributed by atoms with Crippen molar-refractivity contribution in [3.8, 4) is 10.4 Å². The van der Waals surface area contributed by atoms with E-state index in [9.17, 15) is 0 Å². The number of thiophene rings is 2. The Hall–Kier alpha value is -1.10. The van der Waals surface area contributed by atoms with Crippen LogP contribution in [0.3, 0.4) is 0 Å². The van der Waals surface area contributed by atoms with E-state index in [1.807, 2.05) is 0 Å². The van der Waals surface area contributed by atoms with E-state index in [1.165, 1.54) is 20.9 Å². The van der Waals surface area contributed by atoms with Crippen molar-refractivity contribution in [1.29, 1.82) is 0 Å². The molecule has 0 atom stereocenters. The zero-order valence-electron chi connectivity index (χ0n) is 11.0. The van der Waals surface area contributed by atoms with Gasteiger partial charge in [0.1, 0.15) is 0 Å². The van der Waals surface area contributed by atoms with E-state index in [0.29, 0.717) is 0 Å². The Kier molecular flexibility index (Phi) is 4.24. The van der Waals surface area contributed by atoms with Gasteiger partial charge in [-0.2, -0.15) is 0 Å². The minimum absolute atomic E-state index is 0.859. The second-order valence-electron chi connectivity index (χ2n) is 4.62. The Balaban J connectivity index is 1.71. The summed E-state index contributed by atoms with van der Waals surface area (Å²) in [4.78, 5) is 2.69. The van der Waals surface area contributed by atoms with E-state index in [2.05, 4.69) is 75.3 Å². The van der Waals surface area contributed by atoms with Crippen molar-refractivity contribution in [1.82, 2.24) is 0 Å². The standard InChI is InChI=1S/C16H14BrNS2/c1-11-4-5-14(17)15(7-11)18-9-13-8-12(10-20-13)16-3-2-6-19-16/h2-8,10,18H,9H2,1H3. The Morgan fingerprint density at radius 2 is 2.05 bits per heavy atom. The van der Waals surface area contributed by atoms with Crippen LogP contribution in [0.5, 0.6) is 0 Å². The molecule has 0 aliphatic heterocycles. The van der Waals surface area contributed by atoms with Crippen LogP contribution in [0.1, 0.15) is 10.4 Å². The number of aryl methyl sites for hydroxylation is 1. The Morgan fingerprint density at radius 1 is 1.15 bits per heavy atom. The van der Waals surface area contributed by atoms with Gasteiger partial charge in [-0.3, -0.25) is 0 Å². The van der Waals surface area contributed by atoms with Gasteiger partial charge in [0.25, 0.3) is 0 Å². The molecule has 102 valence electrons. The van der Waals surface area contributed by atoms with Crippen LogP contribution in [0.2, 0.25) is 0 Å². The Morgan fingerprint density at radius 3 is 2.85 bits per heavy atom. The van der Waals surface area contributed by atoms with Gasteiger partial charge in [-0.15, -0.1) is 22.7 Å². The lowest BCUT2D eigenvalue weighted by Gasteiger charge is -2.08. The molecule has 1 nitrogen and oxygen atoms in total. The summed E-state index contributed by atoms with van der Waals surface area (Å²) in [6, 6.07) is 12.9. The number of hydrogen-bond donors (Lipinski definition) is 1. The third kappa shape index (κ3) is 3.14. The molecule has 1 N–H and O–H groups in total. The maximum absolute atomic E-state index is 3.58. The van der Waals surface area contributed by atoms with E-state index < -0.39 is 0 Å². The maximum atomic E-state index is 3.58. The topological polar surface area (TPSA) is 12.0 Å². The zero-order chi connectivity index (χ0) is 13.9. The van der Waals surface area contributed by atoms with Gasteiger partial charge in [0.15, 0.2) is 0 Å². The zero-order valence-corrected chi connectivity index (χ0v) is 14.2. The molecule has 4 heteroatoms. The number of nitrogens with one attached hydrogen (secondary N) is 1. The monoisotopic (exact) mass is 363 g/mol. The molecule has 0 saturated heterocycles. The average molecular weight is 364 g/mol. The molecular formula is C16H14BrNS2. The third-order valence-corrected chi connectivity index (χ3v) is 5.58. The molecule has 0 bridgehead atoms. The number of anilines is 1. The van der Waals surface area contributed by atoms with Crippen molar-refractivity contribution >= 4 is 44.3 Å². The van der Waals surface area contributed by atoms with E-state index in [0.717, 1.165) is 16.7 Å². The highest BCUT2D eigenvalue weighted by atomic mass is 79.9. The first-order chi connectivity index (χ1) is 9.72.